The fourth-order valence-corrected chi connectivity index (χ4v) is 2.61. The third kappa shape index (κ3) is 1.87. The summed E-state index contributed by atoms with van der Waals surface area (Å²) in [4.78, 5) is 0.0313. The van der Waals surface area contributed by atoms with Crippen LogP contribution in [-0.2, 0) is 9.05 Å². The average Bonchev–Trinajstić information content (AvgIpc) is 2.26. The zero-order valence-electron chi connectivity index (χ0n) is 8.01. The van der Waals surface area contributed by atoms with Gasteiger partial charge in [0.1, 0.15) is 0 Å². The maximum absolute atomic E-state index is 11.3. The van der Waals surface area contributed by atoms with E-state index in [1.165, 1.54) is 12.1 Å². The van der Waals surface area contributed by atoms with Gasteiger partial charge in [-0.15, -0.1) is 0 Å². The summed E-state index contributed by atoms with van der Waals surface area (Å²) in [6.45, 7) is 0. The monoisotopic (exact) mass is 251 g/mol. The van der Waals surface area contributed by atoms with Gasteiger partial charge < -0.3 is 0 Å². The second-order valence-electron chi connectivity index (χ2n) is 3.24. The van der Waals surface area contributed by atoms with Gasteiger partial charge in [0.05, 0.1) is 16.5 Å². The minimum Gasteiger partial charge on any atom is -0.207 e. The van der Waals surface area contributed by atoms with Crippen LogP contribution in [0, 0.1) is 11.3 Å². The summed E-state index contributed by atoms with van der Waals surface area (Å²) in [7, 11) is 1.53. The fourth-order valence-electron chi connectivity index (χ4n) is 1.53. The van der Waals surface area contributed by atoms with E-state index < -0.39 is 9.05 Å². The normalized spacial score (nSPS) is 11.2. The van der Waals surface area contributed by atoms with Gasteiger partial charge in [-0.3, -0.25) is 0 Å². The molecule has 80 valence electrons. The van der Waals surface area contributed by atoms with Crippen LogP contribution in [0.5, 0.6) is 0 Å². The first-order valence-corrected chi connectivity index (χ1v) is 6.71. The molecule has 0 aliphatic carbocycles. The predicted octanol–water partition coefficient (Wildman–Crippen LogP) is 2.64. The van der Waals surface area contributed by atoms with E-state index in [2.05, 4.69) is 0 Å². The van der Waals surface area contributed by atoms with Gasteiger partial charge in [-0.2, -0.15) is 5.26 Å². The van der Waals surface area contributed by atoms with Crippen LogP contribution in [0.3, 0.4) is 0 Å². The molecule has 0 radical (unpaired) electrons. The van der Waals surface area contributed by atoms with Crippen molar-refractivity contribution in [2.45, 2.75) is 4.90 Å². The molecule has 0 atom stereocenters. The van der Waals surface area contributed by atoms with E-state index in [9.17, 15) is 8.42 Å². The highest BCUT2D eigenvalue weighted by Crippen LogP contribution is 2.26. The van der Waals surface area contributed by atoms with Gasteiger partial charge in [-0.05, 0) is 23.6 Å². The highest BCUT2D eigenvalue weighted by atomic mass is 35.7. The predicted molar refractivity (Wildman–Crippen MR) is 61.7 cm³/mol. The maximum atomic E-state index is 11.3. The van der Waals surface area contributed by atoms with Gasteiger partial charge in [-0.25, -0.2) is 8.42 Å². The van der Waals surface area contributed by atoms with Crippen LogP contribution >= 0.6 is 10.7 Å². The molecule has 0 heterocycles. The van der Waals surface area contributed by atoms with Crippen molar-refractivity contribution in [1.82, 2.24) is 0 Å². The van der Waals surface area contributed by atoms with E-state index in [1.54, 1.807) is 24.3 Å². The summed E-state index contributed by atoms with van der Waals surface area (Å²) in [5.41, 5.74) is 0.403. The minimum absolute atomic E-state index is 0.0313. The van der Waals surface area contributed by atoms with Crippen molar-refractivity contribution in [3.63, 3.8) is 0 Å². The van der Waals surface area contributed by atoms with Crippen molar-refractivity contribution in [1.29, 1.82) is 5.26 Å². The van der Waals surface area contributed by atoms with E-state index in [1.807, 2.05) is 6.07 Å². The lowest BCUT2D eigenvalue weighted by molar-refractivity contribution is 0.610. The van der Waals surface area contributed by atoms with Crippen molar-refractivity contribution in [3.8, 4) is 6.07 Å². The first-order chi connectivity index (χ1) is 7.52. The standard InChI is InChI=1S/C11H6ClNO2S/c12-16(14,15)11-3-1-2-9-5-4-8(7-13)6-10(9)11/h1-6H. The number of nitrogens with zero attached hydrogens (tertiary/aromatic N) is 1. The number of halogens is 1. The third-order valence-electron chi connectivity index (χ3n) is 2.23. The van der Waals surface area contributed by atoms with Crippen molar-refractivity contribution in [3.05, 3.63) is 42.0 Å². The van der Waals surface area contributed by atoms with Crippen molar-refractivity contribution >= 4 is 30.5 Å². The summed E-state index contributed by atoms with van der Waals surface area (Å²) in [6.07, 6.45) is 0. The van der Waals surface area contributed by atoms with Gasteiger partial charge >= 0.3 is 0 Å². The molecule has 2 aromatic rings. The van der Waals surface area contributed by atoms with Crippen molar-refractivity contribution < 1.29 is 8.42 Å². The SMILES string of the molecule is N#Cc1ccc2cccc(S(=O)(=O)Cl)c2c1. The number of nitriles is 1. The number of fused-ring (bicyclic) bond motifs is 1. The zero-order chi connectivity index (χ0) is 11.8. The molecule has 0 aromatic heterocycles. The lowest BCUT2D eigenvalue weighted by Gasteiger charge is -2.03. The molecule has 0 saturated heterocycles. The summed E-state index contributed by atoms with van der Waals surface area (Å²) in [5, 5.41) is 9.96. The molecule has 2 aromatic carbocycles. The largest absolute Gasteiger partial charge is 0.261 e. The Kier molecular flexibility index (Phi) is 2.58. The van der Waals surface area contributed by atoms with E-state index in [4.69, 9.17) is 15.9 Å². The first-order valence-electron chi connectivity index (χ1n) is 4.40. The van der Waals surface area contributed by atoms with E-state index in [-0.39, 0.29) is 4.90 Å². The molecule has 0 amide bonds. The third-order valence-corrected chi connectivity index (χ3v) is 3.61. The van der Waals surface area contributed by atoms with Gasteiger partial charge in [0.2, 0.25) is 0 Å². The lowest BCUT2D eigenvalue weighted by atomic mass is 10.1. The number of benzene rings is 2. The molecule has 0 spiro atoms. The summed E-state index contributed by atoms with van der Waals surface area (Å²) in [5.74, 6) is 0. The van der Waals surface area contributed by atoms with Gasteiger partial charge in [0.15, 0.2) is 0 Å². The quantitative estimate of drug-likeness (QED) is 0.732. The van der Waals surface area contributed by atoms with Crippen LogP contribution in [0.4, 0.5) is 0 Å². The van der Waals surface area contributed by atoms with Crippen LogP contribution in [-0.4, -0.2) is 8.42 Å². The van der Waals surface area contributed by atoms with Crippen LogP contribution in [0.15, 0.2) is 41.3 Å². The molecule has 0 fully saturated rings. The Balaban J connectivity index is 2.91. The molecule has 2 rings (SSSR count). The minimum atomic E-state index is -3.79. The molecule has 0 aliphatic heterocycles. The van der Waals surface area contributed by atoms with E-state index in [0.717, 1.165) is 5.39 Å². The number of rotatable bonds is 1. The van der Waals surface area contributed by atoms with Crippen LogP contribution in [0.2, 0.25) is 0 Å². The number of hydrogen-bond donors (Lipinski definition) is 0. The molecule has 5 heteroatoms. The Morgan fingerprint density at radius 1 is 1.19 bits per heavy atom. The summed E-state index contributed by atoms with van der Waals surface area (Å²) >= 11 is 0. The van der Waals surface area contributed by atoms with Gasteiger partial charge in [-0.1, -0.05) is 18.2 Å². The van der Waals surface area contributed by atoms with E-state index >= 15 is 0 Å². The average molecular weight is 252 g/mol. The highest BCUT2D eigenvalue weighted by Gasteiger charge is 2.13. The Morgan fingerprint density at radius 3 is 2.56 bits per heavy atom. The fraction of sp³-hybridized carbons (Fsp3) is 0. The molecule has 0 unspecified atom stereocenters. The van der Waals surface area contributed by atoms with Crippen LogP contribution in [0.25, 0.3) is 10.8 Å². The molecule has 0 N–H and O–H groups in total. The van der Waals surface area contributed by atoms with Crippen LogP contribution in [0.1, 0.15) is 5.56 Å². The topological polar surface area (TPSA) is 57.9 Å². The van der Waals surface area contributed by atoms with Crippen molar-refractivity contribution in [2.24, 2.45) is 0 Å². The highest BCUT2D eigenvalue weighted by molar-refractivity contribution is 8.14. The second kappa shape index (κ2) is 3.78. The molecule has 0 aliphatic rings. The molecule has 0 bridgehead atoms. The van der Waals surface area contributed by atoms with Crippen molar-refractivity contribution in [2.75, 3.05) is 0 Å². The smallest absolute Gasteiger partial charge is 0.207 e. The van der Waals surface area contributed by atoms with E-state index in [0.29, 0.717) is 10.9 Å². The molecular formula is C11H6ClNO2S. The Hall–Kier alpha value is -1.57. The Labute approximate surface area is 97.3 Å². The molecular weight excluding hydrogens is 246 g/mol. The summed E-state index contributed by atoms with van der Waals surface area (Å²) in [6, 6.07) is 11.6. The maximum Gasteiger partial charge on any atom is 0.261 e. The Morgan fingerprint density at radius 2 is 1.94 bits per heavy atom. The molecule has 0 saturated carbocycles. The Bertz CT molecular complexity index is 701. The first kappa shape index (κ1) is 10.9. The number of hydrogen-bond acceptors (Lipinski definition) is 3. The zero-order valence-corrected chi connectivity index (χ0v) is 9.59. The van der Waals surface area contributed by atoms with Gasteiger partial charge in [0.25, 0.3) is 9.05 Å². The molecule has 16 heavy (non-hydrogen) atoms. The summed E-state index contributed by atoms with van der Waals surface area (Å²) < 4.78 is 22.7. The van der Waals surface area contributed by atoms with Crippen LogP contribution < -0.4 is 0 Å². The van der Waals surface area contributed by atoms with Gasteiger partial charge in [0, 0.05) is 16.1 Å². The second-order valence-corrected chi connectivity index (χ2v) is 5.78. The molecule has 3 nitrogen and oxygen atoms in total. The lowest BCUT2D eigenvalue weighted by Crippen LogP contribution is -1.92.